The molecule has 2 aromatic rings. The van der Waals surface area contributed by atoms with Gasteiger partial charge in [0.05, 0.1) is 13.7 Å². The number of ether oxygens (including phenoxy) is 1. The Morgan fingerprint density at radius 3 is 3.00 bits per heavy atom. The number of halogens is 1. The van der Waals surface area contributed by atoms with Gasteiger partial charge in [0.1, 0.15) is 0 Å². The van der Waals surface area contributed by atoms with E-state index in [0.29, 0.717) is 11.0 Å². The molecule has 0 aliphatic heterocycles. The number of esters is 1. The minimum absolute atomic E-state index is 0.381. The van der Waals surface area contributed by atoms with Gasteiger partial charge >= 0.3 is 5.97 Å². The monoisotopic (exact) mass is 308 g/mol. The SMILES string of the molecule is COC(=O)C=Cc1ccccc1NCc1cnc(Cl)s1. The number of hydrogen-bond donors (Lipinski definition) is 1. The largest absolute Gasteiger partial charge is 0.466 e. The predicted octanol–water partition coefficient (Wildman–Crippen LogP) is 3.59. The molecule has 0 atom stereocenters. The summed E-state index contributed by atoms with van der Waals surface area (Å²) in [5.41, 5.74) is 1.84. The Morgan fingerprint density at radius 2 is 2.30 bits per heavy atom. The fourth-order valence-corrected chi connectivity index (χ4v) is 2.49. The van der Waals surface area contributed by atoms with Gasteiger partial charge in [-0.15, -0.1) is 11.3 Å². The van der Waals surface area contributed by atoms with Crippen LogP contribution in [0.25, 0.3) is 6.08 Å². The van der Waals surface area contributed by atoms with Crippen LogP contribution in [-0.4, -0.2) is 18.1 Å². The van der Waals surface area contributed by atoms with Gasteiger partial charge in [0.2, 0.25) is 0 Å². The van der Waals surface area contributed by atoms with E-state index in [1.807, 2.05) is 24.3 Å². The molecule has 0 aliphatic rings. The Balaban J connectivity index is 2.07. The Bertz CT molecular complexity index is 625. The van der Waals surface area contributed by atoms with Crippen LogP contribution in [0.3, 0.4) is 0 Å². The molecule has 1 aromatic carbocycles. The normalized spacial score (nSPS) is 10.7. The van der Waals surface area contributed by atoms with E-state index in [0.717, 1.165) is 16.1 Å². The fraction of sp³-hybridized carbons (Fsp3) is 0.143. The molecule has 4 nitrogen and oxygen atoms in total. The van der Waals surface area contributed by atoms with E-state index in [-0.39, 0.29) is 5.97 Å². The Kier molecular flexibility index (Phi) is 5.15. The maximum atomic E-state index is 11.1. The summed E-state index contributed by atoms with van der Waals surface area (Å²) < 4.78 is 5.10. The van der Waals surface area contributed by atoms with Gasteiger partial charge in [0.25, 0.3) is 0 Å². The fourth-order valence-electron chi connectivity index (χ4n) is 1.58. The highest BCUT2D eigenvalue weighted by molar-refractivity contribution is 7.15. The summed E-state index contributed by atoms with van der Waals surface area (Å²) in [6.07, 6.45) is 4.85. The second-order valence-electron chi connectivity index (χ2n) is 3.88. The first-order valence-corrected chi connectivity index (χ1v) is 7.07. The van der Waals surface area contributed by atoms with E-state index in [1.165, 1.54) is 24.5 Å². The van der Waals surface area contributed by atoms with Crippen molar-refractivity contribution in [2.45, 2.75) is 6.54 Å². The van der Waals surface area contributed by atoms with E-state index in [4.69, 9.17) is 11.6 Å². The average molecular weight is 309 g/mol. The van der Waals surface area contributed by atoms with Gasteiger partial charge in [-0.1, -0.05) is 29.8 Å². The Morgan fingerprint density at radius 1 is 1.50 bits per heavy atom. The summed E-state index contributed by atoms with van der Waals surface area (Å²) in [5.74, 6) is -0.381. The number of carbonyl (C=O) groups is 1. The van der Waals surface area contributed by atoms with Crippen LogP contribution in [0.5, 0.6) is 0 Å². The molecule has 0 spiro atoms. The van der Waals surface area contributed by atoms with Crippen molar-refractivity contribution in [3.63, 3.8) is 0 Å². The lowest BCUT2D eigenvalue weighted by Gasteiger charge is -2.08. The minimum Gasteiger partial charge on any atom is -0.466 e. The third kappa shape index (κ3) is 4.08. The zero-order valence-corrected chi connectivity index (χ0v) is 12.4. The molecule has 0 aliphatic carbocycles. The number of rotatable bonds is 5. The first-order chi connectivity index (χ1) is 9.69. The van der Waals surface area contributed by atoms with E-state index < -0.39 is 0 Å². The number of carbonyl (C=O) groups excluding carboxylic acids is 1. The maximum absolute atomic E-state index is 11.1. The van der Waals surface area contributed by atoms with Crippen LogP contribution in [0.4, 0.5) is 5.69 Å². The average Bonchev–Trinajstić information content (AvgIpc) is 2.89. The maximum Gasteiger partial charge on any atom is 0.330 e. The topological polar surface area (TPSA) is 51.2 Å². The van der Waals surface area contributed by atoms with Crippen LogP contribution in [0, 0.1) is 0 Å². The third-order valence-electron chi connectivity index (χ3n) is 2.54. The molecule has 0 saturated carbocycles. The van der Waals surface area contributed by atoms with Crippen molar-refractivity contribution >= 4 is 40.7 Å². The molecule has 1 heterocycles. The zero-order chi connectivity index (χ0) is 14.4. The predicted molar refractivity (Wildman–Crippen MR) is 81.9 cm³/mol. The molecular weight excluding hydrogens is 296 g/mol. The number of para-hydroxylation sites is 1. The molecule has 6 heteroatoms. The first-order valence-electron chi connectivity index (χ1n) is 5.88. The molecule has 2 rings (SSSR count). The summed E-state index contributed by atoms with van der Waals surface area (Å²) in [6.45, 7) is 0.632. The number of nitrogens with one attached hydrogen (secondary N) is 1. The quantitative estimate of drug-likeness (QED) is 0.677. The van der Waals surface area contributed by atoms with Crippen molar-refractivity contribution in [3.8, 4) is 0 Å². The van der Waals surface area contributed by atoms with Crippen molar-refractivity contribution < 1.29 is 9.53 Å². The van der Waals surface area contributed by atoms with Gasteiger partial charge in [0, 0.05) is 22.8 Å². The van der Waals surface area contributed by atoms with Gasteiger partial charge in [-0.3, -0.25) is 0 Å². The summed E-state index contributed by atoms with van der Waals surface area (Å²) in [6, 6.07) is 7.70. The van der Waals surface area contributed by atoms with Crippen LogP contribution in [0.1, 0.15) is 10.4 Å². The summed E-state index contributed by atoms with van der Waals surface area (Å²) in [4.78, 5) is 16.2. The number of thiazole rings is 1. The highest BCUT2D eigenvalue weighted by Gasteiger charge is 2.02. The summed E-state index contributed by atoms with van der Waals surface area (Å²) in [5, 5.41) is 3.29. The van der Waals surface area contributed by atoms with Crippen LogP contribution >= 0.6 is 22.9 Å². The molecule has 0 radical (unpaired) electrons. The van der Waals surface area contributed by atoms with Crippen LogP contribution < -0.4 is 5.32 Å². The van der Waals surface area contributed by atoms with Crippen molar-refractivity contribution in [1.82, 2.24) is 4.98 Å². The van der Waals surface area contributed by atoms with Gasteiger partial charge in [0.15, 0.2) is 4.47 Å². The second kappa shape index (κ2) is 7.07. The van der Waals surface area contributed by atoms with Crippen LogP contribution in [0.15, 0.2) is 36.5 Å². The molecule has 1 aromatic heterocycles. The van der Waals surface area contributed by atoms with E-state index in [1.54, 1.807) is 12.3 Å². The molecule has 0 amide bonds. The molecule has 20 heavy (non-hydrogen) atoms. The Labute approximate surface area is 126 Å². The summed E-state index contributed by atoms with van der Waals surface area (Å²) >= 11 is 7.23. The van der Waals surface area contributed by atoms with Gasteiger partial charge in [-0.2, -0.15) is 0 Å². The number of aromatic nitrogens is 1. The van der Waals surface area contributed by atoms with E-state index in [9.17, 15) is 4.79 Å². The van der Waals surface area contributed by atoms with Crippen molar-refractivity contribution in [1.29, 1.82) is 0 Å². The lowest BCUT2D eigenvalue weighted by Crippen LogP contribution is -1.99. The highest BCUT2D eigenvalue weighted by atomic mass is 35.5. The second-order valence-corrected chi connectivity index (χ2v) is 5.57. The molecule has 0 bridgehead atoms. The standard InChI is InChI=1S/C14H13ClN2O2S/c1-19-13(18)7-6-10-4-2-3-5-12(10)16-8-11-9-17-14(15)20-11/h2-7,9,16H,8H2,1H3. The molecule has 0 unspecified atom stereocenters. The zero-order valence-electron chi connectivity index (χ0n) is 10.8. The number of nitrogens with zero attached hydrogens (tertiary/aromatic N) is 1. The molecule has 0 fully saturated rings. The molecule has 0 saturated heterocycles. The first kappa shape index (κ1) is 14.6. The number of benzene rings is 1. The van der Waals surface area contributed by atoms with E-state index >= 15 is 0 Å². The number of anilines is 1. The molecule has 1 N–H and O–H groups in total. The van der Waals surface area contributed by atoms with Crippen molar-refractivity contribution in [2.24, 2.45) is 0 Å². The lowest BCUT2D eigenvalue weighted by atomic mass is 10.1. The third-order valence-corrected chi connectivity index (χ3v) is 3.65. The van der Waals surface area contributed by atoms with Crippen LogP contribution in [-0.2, 0) is 16.1 Å². The highest BCUT2D eigenvalue weighted by Crippen LogP contribution is 2.21. The Hall–Kier alpha value is -1.85. The number of methoxy groups -OCH3 is 1. The molecular formula is C14H13ClN2O2S. The van der Waals surface area contributed by atoms with Crippen molar-refractivity contribution in [3.05, 3.63) is 51.4 Å². The van der Waals surface area contributed by atoms with E-state index in [2.05, 4.69) is 15.0 Å². The smallest absolute Gasteiger partial charge is 0.330 e. The van der Waals surface area contributed by atoms with Crippen LogP contribution in [0.2, 0.25) is 4.47 Å². The molecule has 104 valence electrons. The van der Waals surface area contributed by atoms with Gasteiger partial charge in [-0.05, 0) is 17.7 Å². The minimum atomic E-state index is -0.381. The summed E-state index contributed by atoms with van der Waals surface area (Å²) in [7, 11) is 1.35. The lowest BCUT2D eigenvalue weighted by molar-refractivity contribution is -0.134. The van der Waals surface area contributed by atoms with Gasteiger partial charge < -0.3 is 10.1 Å². The number of hydrogen-bond acceptors (Lipinski definition) is 5. The van der Waals surface area contributed by atoms with Gasteiger partial charge in [-0.25, -0.2) is 9.78 Å². The van der Waals surface area contributed by atoms with Crippen molar-refractivity contribution in [2.75, 3.05) is 12.4 Å².